The molecule has 0 spiro atoms. The number of nitro benzene ring substituents is 1. The zero-order chi connectivity index (χ0) is 24.1. The molecule has 0 N–H and O–H groups in total. The topological polar surface area (TPSA) is 84.2 Å². The van der Waals surface area contributed by atoms with Gasteiger partial charge in [-0.2, -0.15) is 0 Å². The van der Waals surface area contributed by atoms with Crippen LogP contribution in [0.25, 0.3) is 11.3 Å². The van der Waals surface area contributed by atoms with Crippen LogP contribution in [0, 0.1) is 10.1 Å². The van der Waals surface area contributed by atoms with Gasteiger partial charge in [-0.05, 0) is 24.7 Å². The van der Waals surface area contributed by atoms with E-state index in [9.17, 15) is 10.1 Å². The summed E-state index contributed by atoms with van der Waals surface area (Å²) in [5.41, 5.74) is 2.62. The van der Waals surface area contributed by atoms with Crippen molar-refractivity contribution in [1.82, 2.24) is 14.8 Å². The molecule has 4 rings (SSSR count). The highest BCUT2D eigenvalue weighted by atomic mass is 32.1. The second-order valence-corrected chi connectivity index (χ2v) is 9.11. The molecular weight excluding hydrogens is 454 g/mol. The minimum atomic E-state index is -0.381. The molecule has 1 aromatic heterocycles. The summed E-state index contributed by atoms with van der Waals surface area (Å²) < 4.78 is 10.9. The van der Waals surface area contributed by atoms with Gasteiger partial charge >= 0.3 is 0 Å². The van der Waals surface area contributed by atoms with Crippen molar-refractivity contribution in [3.8, 4) is 22.8 Å². The lowest BCUT2D eigenvalue weighted by Gasteiger charge is -2.36. The Hall–Kier alpha value is -3.21. The second-order valence-electron chi connectivity index (χ2n) is 8.27. The Kier molecular flexibility index (Phi) is 7.61. The van der Waals surface area contributed by atoms with Crippen LogP contribution in [0.4, 0.5) is 10.8 Å². The van der Waals surface area contributed by atoms with E-state index in [4.69, 9.17) is 14.5 Å². The number of nitro groups is 1. The number of benzene rings is 2. The fraction of sp³-hybridized carbons (Fsp3) is 0.375. The van der Waals surface area contributed by atoms with E-state index in [0.29, 0.717) is 18.0 Å². The molecule has 1 aliphatic rings. The van der Waals surface area contributed by atoms with Crippen LogP contribution in [0.15, 0.2) is 47.8 Å². The molecule has 0 aliphatic carbocycles. The third-order valence-electron chi connectivity index (χ3n) is 5.90. The molecule has 0 amide bonds. The van der Waals surface area contributed by atoms with Crippen molar-refractivity contribution in [2.24, 2.45) is 0 Å². The molecule has 0 radical (unpaired) electrons. The first-order valence-electron chi connectivity index (χ1n) is 11.0. The van der Waals surface area contributed by atoms with E-state index in [1.165, 1.54) is 6.07 Å². The van der Waals surface area contributed by atoms with Gasteiger partial charge in [-0.15, -0.1) is 11.3 Å². The van der Waals surface area contributed by atoms with Crippen LogP contribution >= 0.6 is 11.3 Å². The van der Waals surface area contributed by atoms with Gasteiger partial charge in [-0.1, -0.05) is 18.2 Å². The number of nitrogens with zero attached hydrogens (tertiary/aromatic N) is 5. The number of hydrogen-bond acceptors (Lipinski definition) is 9. The van der Waals surface area contributed by atoms with E-state index in [0.717, 1.165) is 54.8 Å². The van der Waals surface area contributed by atoms with Crippen LogP contribution in [0.3, 0.4) is 0 Å². The van der Waals surface area contributed by atoms with Crippen molar-refractivity contribution in [3.63, 3.8) is 0 Å². The normalized spacial score (nSPS) is 14.7. The van der Waals surface area contributed by atoms with Gasteiger partial charge < -0.3 is 19.3 Å². The van der Waals surface area contributed by atoms with Crippen molar-refractivity contribution in [3.05, 3.63) is 63.5 Å². The monoisotopic (exact) mass is 483 g/mol. The Morgan fingerprint density at radius 3 is 2.56 bits per heavy atom. The number of non-ortho nitro benzene ring substituents is 1. The highest BCUT2D eigenvalue weighted by molar-refractivity contribution is 7.14. The van der Waals surface area contributed by atoms with Gasteiger partial charge in [0.15, 0.2) is 16.6 Å². The first-order valence-corrected chi connectivity index (χ1v) is 11.9. The molecule has 2 heterocycles. The first-order chi connectivity index (χ1) is 16.5. The Bertz CT molecular complexity index is 1130. The summed E-state index contributed by atoms with van der Waals surface area (Å²) in [6.45, 7) is 5.42. The maximum atomic E-state index is 11.2. The summed E-state index contributed by atoms with van der Waals surface area (Å²) in [4.78, 5) is 22.7. The van der Waals surface area contributed by atoms with Gasteiger partial charge in [0.1, 0.15) is 0 Å². The van der Waals surface area contributed by atoms with Crippen LogP contribution in [0.5, 0.6) is 11.5 Å². The quantitative estimate of drug-likeness (QED) is 0.334. The lowest BCUT2D eigenvalue weighted by Crippen LogP contribution is -2.48. The number of likely N-dealkylation sites (N-methyl/N-ethyl adjacent to an activating group) is 1. The predicted octanol–water partition coefficient (Wildman–Crippen LogP) is 3.95. The molecule has 3 aromatic rings. The maximum absolute atomic E-state index is 11.2. The number of aromatic nitrogens is 1. The number of hydrogen-bond donors (Lipinski definition) is 0. The first kappa shape index (κ1) is 23.9. The van der Waals surface area contributed by atoms with Crippen molar-refractivity contribution in [2.45, 2.75) is 6.54 Å². The summed E-state index contributed by atoms with van der Waals surface area (Å²) in [6, 6.07) is 12.5. The number of methoxy groups -OCH3 is 2. The molecule has 34 heavy (non-hydrogen) atoms. The van der Waals surface area contributed by atoms with E-state index in [1.807, 2.05) is 29.6 Å². The van der Waals surface area contributed by atoms with Crippen LogP contribution in [0.2, 0.25) is 0 Å². The van der Waals surface area contributed by atoms with Gasteiger partial charge in [-0.25, -0.2) is 4.98 Å². The Balaban J connectivity index is 1.60. The van der Waals surface area contributed by atoms with Crippen molar-refractivity contribution in [1.29, 1.82) is 0 Å². The van der Waals surface area contributed by atoms with Gasteiger partial charge in [0.05, 0.1) is 31.5 Å². The Labute approximate surface area is 203 Å². The van der Waals surface area contributed by atoms with Crippen LogP contribution < -0.4 is 14.4 Å². The molecule has 0 saturated carbocycles. The molecule has 2 aromatic carbocycles. The van der Waals surface area contributed by atoms with Gasteiger partial charge in [0.25, 0.3) is 5.69 Å². The smallest absolute Gasteiger partial charge is 0.270 e. The van der Waals surface area contributed by atoms with E-state index >= 15 is 0 Å². The maximum Gasteiger partial charge on any atom is 0.270 e. The van der Waals surface area contributed by atoms with Gasteiger partial charge in [-0.3, -0.25) is 15.0 Å². The zero-order valence-electron chi connectivity index (χ0n) is 19.6. The summed E-state index contributed by atoms with van der Waals surface area (Å²) in [7, 11) is 5.41. The molecule has 0 unspecified atom stereocenters. The average Bonchev–Trinajstić information content (AvgIpc) is 3.35. The van der Waals surface area contributed by atoms with E-state index in [-0.39, 0.29) is 10.6 Å². The van der Waals surface area contributed by atoms with Crippen molar-refractivity contribution in [2.75, 3.05) is 59.0 Å². The van der Waals surface area contributed by atoms with E-state index < -0.39 is 0 Å². The van der Waals surface area contributed by atoms with Crippen molar-refractivity contribution >= 4 is 22.2 Å². The molecule has 9 nitrogen and oxygen atoms in total. The lowest BCUT2D eigenvalue weighted by atomic mass is 10.1. The molecule has 180 valence electrons. The van der Waals surface area contributed by atoms with Crippen LogP contribution in [-0.4, -0.2) is 73.8 Å². The second kappa shape index (κ2) is 10.8. The van der Waals surface area contributed by atoms with Crippen LogP contribution in [-0.2, 0) is 6.54 Å². The largest absolute Gasteiger partial charge is 0.493 e. The number of ether oxygens (including phenoxy) is 2. The summed E-state index contributed by atoms with van der Waals surface area (Å²) in [5.74, 6) is 1.38. The van der Waals surface area contributed by atoms with Gasteiger partial charge in [0, 0.05) is 55.8 Å². The fourth-order valence-corrected chi connectivity index (χ4v) is 4.76. The molecule has 1 aliphatic heterocycles. The minimum absolute atomic E-state index is 0.0617. The van der Waals surface area contributed by atoms with Crippen LogP contribution in [0.1, 0.15) is 5.56 Å². The Morgan fingerprint density at radius 2 is 1.85 bits per heavy atom. The summed E-state index contributed by atoms with van der Waals surface area (Å²) in [6.07, 6.45) is 0. The number of rotatable bonds is 9. The molecule has 1 fully saturated rings. The predicted molar refractivity (Wildman–Crippen MR) is 134 cm³/mol. The Morgan fingerprint density at radius 1 is 1.09 bits per heavy atom. The van der Waals surface area contributed by atoms with E-state index in [1.54, 1.807) is 37.7 Å². The standard InChI is InChI=1S/C24H29N5O4S/c1-26-9-11-27(12-10-26)17-28(15-18-7-8-22(32-2)23(13-18)33-3)24-25-21(16-34-24)19-5-4-6-20(14-19)29(30)31/h4-8,13-14,16H,9-12,15,17H2,1-3H3. The molecule has 0 bridgehead atoms. The molecular formula is C24H29N5O4S. The minimum Gasteiger partial charge on any atom is -0.493 e. The SMILES string of the molecule is COc1ccc(CN(CN2CCN(C)CC2)c2nc(-c3cccc([N+](=O)[O-])c3)cs2)cc1OC. The average molecular weight is 484 g/mol. The number of thiazole rings is 1. The molecule has 1 saturated heterocycles. The highest BCUT2D eigenvalue weighted by Crippen LogP contribution is 2.32. The van der Waals surface area contributed by atoms with E-state index in [2.05, 4.69) is 21.7 Å². The highest BCUT2D eigenvalue weighted by Gasteiger charge is 2.21. The summed E-state index contributed by atoms with van der Waals surface area (Å²) in [5, 5.41) is 14.0. The van der Waals surface area contributed by atoms with Gasteiger partial charge in [0.2, 0.25) is 0 Å². The molecule has 0 atom stereocenters. The lowest BCUT2D eigenvalue weighted by molar-refractivity contribution is -0.384. The zero-order valence-corrected chi connectivity index (χ0v) is 20.5. The summed E-state index contributed by atoms with van der Waals surface area (Å²) >= 11 is 1.54. The third kappa shape index (κ3) is 5.64. The molecule has 10 heteroatoms. The fourth-order valence-electron chi connectivity index (χ4n) is 3.93. The number of anilines is 1. The third-order valence-corrected chi connectivity index (χ3v) is 6.80. The number of piperazine rings is 1. The van der Waals surface area contributed by atoms with Crippen molar-refractivity contribution < 1.29 is 14.4 Å².